The standard InChI is InChI=1S/C13H19N3O2/c1-8(2)12-13(17)14-6-10(15-12)9-5-11-16(7-9)3-4-18-11/h5,7-8,10,12,15H,3-4,6H2,1-2H3,(H,14,17). The smallest absolute Gasteiger partial charge is 0.237 e. The molecule has 0 spiro atoms. The van der Waals surface area contributed by atoms with E-state index in [0.717, 1.165) is 19.0 Å². The van der Waals surface area contributed by atoms with Gasteiger partial charge in [-0.1, -0.05) is 13.8 Å². The molecular weight excluding hydrogens is 230 g/mol. The second-order valence-electron chi connectivity index (χ2n) is 5.34. The first kappa shape index (κ1) is 11.6. The summed E-state index contributed by atoms with van der Waals surface area (Å²) in [6, 6.07) is 2.13. The number of aromatic nitrogens is 1. The predicted octanol–water partition coefficient (Wildman–Crippen LogP) is 0.666. The third kappa shape index (κ3) is 1.88. The van der Waals surface area contributed by atoms with E-state index in [0.29, 0.717) is 12.5 Å². The topological polar surface area (TPSA) is 55.3 Å². The van der Waals surface area contributed by atoms with Crippen molar-refractivity contribution in [2.24, 2.45) is 5.92 Å². The molecule has 2 unspecified atom stereocenters. The molecule has 3 heterocycles. The first-order valence-electron chi connectivity index (χ1n) is 6.52. The van der Waals surface area contributed by atoms with Crippen LogP contribution >= 0.6 is 0 Å². The number of amides is 1. The van der Waals surface area contributed by atoms with Gasteiger partial charge in [0.05, 0.1) is 18.6 Å². The lowest BCUT2D eigenvalue weighted by Gasteiger charge is -2.32. The molecule has 1 aromatic rings. The van der Waals surface area contributed by atoms with E-state index in [1.54, 1.807) is 0 Å². The van der Waals surface area contributed by atoms with Gasteiger partial charge in [0, 0.05) is 18.8 Å². The number of nitrogens with one attached hydrogen (secondary N) is 2. The van der Waals surface area contributed by atoms with E-state index in [1.807, 2.05) is 0 Å². The molecule has 2 N–H and O–H groups in total. The minimum Gasteiger partial charge on any atom is -0.477 e. The number of hydrogen-bond acceptors (Lipinski definition) is 3. The Labute approximate surface area is 106 Å². The summed E-state index contributed by atoms with van der Waals surface area (Å²) in [5.41, 5.74) is 1.19. The number of fused-ring (bicyclic) bond motifs is 1. The number of ether oxygens (including phenoxy) is 1. The Morgan fingerprint density at radius 3 is 3.06 bits per heavy atom. The van der Waals surface area contributed by atoms with Crippen LogP contribution in [0.2, 0.25) is 0 Å². The molecule has 0 radical (unpaired) electrons. The number of hydrogen-bond donors (Lipinski definition) is 2. The van der Waals surface area contributed by atoms with E-state index in [4.69, 9.17) is 4.74 Å². The van der Waals surface area contributed by atoms with E-state index < -0.39 is 0 Å². The highest BCUT2D eigenvalue weighted by molar-refractivity contribution is 5.83. The minimum absolute atomic E-state index is 0.101. The van der Waals surface area contributed by atoms with Crippen molar-refractivity contribution in [2.45, 2.75) is 32.5 Å². The van der Waals surface area contributed by atoms with Crippen LogP contribution in [-0.4, -0.2) is 29.7 Å². The van der Waals surface area contributed by atoms with Gasteiger partial charge in [-0.3, -0.25) is 10.1 Å². The summed E-state index contributed by atoms with van der Waals surface area (Å²) in [4.78, 5) is 11.7. The molecule has 18 heavy (non-hydrogen) atoms. The zero-order valence-electron chi connectivity index (χ0n) is 10.8. The first-order chi connectivity index (χ1) is 8.65. The number of nitrogens with zero attached hydrogens (tertiary/aromatic N) is 1. The molecular formula is C13H19N3O2. The SMILES string of the molecule is CC(C)C1NC(c2cc3n(c2)CCO3)CNC1=O. The zero-order chi connectivity index (χ0) is 12.7. The fourth-order valence-corrected chi connectivity index (χ4v) is 2.62. The van der Waals surface area contributed by atoms with Crippen molar-refractivity contribution in [3.05, 3.63) is 17.8 Å². The zero-order valence-corrected chi connectivity index (χ0v) is 10.8. The highest BCUT2D eigenvalue weighted by Gasteiger charge is 2.31. The summed E-state index contributed by atoms with van der Waals surface area (Å²) in [5.74, 6) is 1.33. The van der Waals surface area contributed by atoms with Crippen molar-refractivity contribution < 1.29 is 9.53 Å². The van der Waals surface area contributed by atoms with Crippen LogP contribution in [0.25, 0.3) is 0 Å². The number of carbonyl (C=O) groups is 1. The molecule has 2 atom stereocenters. The summed E-state index contributed by atoms with van der Waals surface area (Å²) in [6.07, 6.45) is 2.12. The molecule has 3 rings (SSSR count). The van der Waals surface area contributed by atoms with E-state index >= 15 is 0 Å². The number of piperazine rings is 1. The minimum atomic E-state index is -0.112. The average molecular weight is 249 g/mol. The number of rotatable bonds is 2. The van der Waals surface area contributed by atoms with Gasteiger partial charge in [0.25, 0.3) is 0 Å². The molecule has 2 aliphatic heterocycles. The molecule has 98 valence electrons. The van der Waals surface area contributed by atoms with Crippen molar-refractivity contribution in [3.8, 4) is 5.88 Å². The van der Waals surface area contributed by atoms with Crippen LogP contribution in [0.3, 0.4) is 0 Å². The maximum atomic E-state index is 11.7. The number of carbonyl (C=O) groups excluding carboxylic acids is 1. The molecule has 5 nitrogen and oxygen atoms in total. The molecule has 1 fully saturated rings. The van der Waals surface area contributed by atoms with Gasteiger partial charge in [0.1, 0.15) is 6.61 Å². The van der Waals surface area contributed by atoms with Crippen LogP contribution in [0.4, 0.5) is 0 Å². The third-order valence-corrected chi connectivity index (χ3v) is 3.67. The highest BCUT2D eigenvalue weighted by Crippen LogP contribution is 2.27. The molecule has 0 aromatic carbocycles. The van der Waals surface area contributed by atoms with Crippen LogP contribution in [0.5, 0.6) is 5.88 Å². The molecule has 2 aliphatic rings. The Hall–Kier alpha value is -1.49. The molecule has 1 aromatic heterocycles. The second-order valence-corrected chi connectivity index (χ2v) is 5.34. The lowest BCUT2D eigenvalue weighted by molar-refractivity contribution is -0.126. The van der Waals surface area contributed by atoms with Gasteiger partial charge in [0.15, 0.2) is 5.88 Å². The maximum absolute atomic E-state index is 11.7. The Balaban J connectivity index is 1.78. The average Bonchev–Trinajstić information content (AvgIpc) is 2.89. The van der Waals surface area contributed by atoms with Crippen LogP contribution in [-0.2, 0) is 11.3 Å². The van der Waals surface area contributed by atoms with Gasteiger partial charge in [-0.2, -0.15) is 0 Å². The van der Waals surface area contributed by atoms with Crippen molar-refractivity contribution >= 4 is 5.91 Å². The van der Waals surface area contributed by atoms with Crippen molar-refractivity contribution in [1.29, 1.82) is 0 Å². The highest BCUT2D eigenvalue weighted by atomic mass is 16.5. The molecule has 0 saturated carbocycles. The fraction of sp³-hybridized carbons (Fsp3) is 0.615. The molecule has 1 amide bonds. The molecule has 1 saturated heterocycles. The van der Waals surface area contributed by atoms with Gasteiger partial charge in [-0.25, -0.2) is 0 Å². The van der Waals surface area contributed by atoms with Gasteiger partial charge in [0.2, 0.25) is 5.91 Å². The van der Waals surface area contributed by atoms with Crippen LogP contribution in [0, 0.1) is 5.92 Å². The largest absolute Gasteiger partial charge is 0.477 e. The normalized spacial score (nSPS) is 26.9. The van der Waals surface area contributed by atoms with Gasteiger partial charge >= 0.3 is 0 Å². The monoisotopic (exact) mass is 249 g/mol. The summed E-state index contributed by atoms with van der Waals surface area (Å²) >= 11 is 0. The Kier molecular flexibility index (Phi) is 2.78. The fourth-order valence-electron chi connectivity index (χ4n) is 2.62. The summed E-state index contributed by atoms with van der Waals surface area (Å²) < 4.78 is 7.64. The Morgan fingerprint density at radius 2 is 2.33 bits per heavy atom. The van der Waals surface area contributed by atoms with E-state index in [-0.39, 0.29) is 18.0 Å². The quantitative estimate of drug-likeness (QED) is 0.810. The molecule has 0 bridgehead atoms. The van der Waals surface area contributed by atoms with Crippen LogP contribution in [0.15, 0.2) is 12.3 Å². The summed E-state index contributed by atoms with van der Waals surface area (Å²) in [5, 5.41) is 6.40. The summed E-state index contributed by atoms with van der Waals surface area (Å²) in [7, 11) is 0. The maximum Gasteiger partial charge on any atom is 0.237 e. The lowest BCUT2D eigenvalue weighted by Crippen LogP contribution is -2.56. The molecule has 0 aliphatic carbocycles. The summed E-state index contributed by atoms with van der Waals surface area (Å²) in [6.45, 7) is 6.44. The van der Waals surface area contributed by atoms with Gasteiger partial charge in [-0.05, 0) is 11.5 Å². The van der Waals surface area contributed by atoms with Gasteiger partial charge in [-0.15, -0.1) is 0 Å². The Morgan fingerprint density at radius 1 is 1.50 bits per heavy atom. The van der Waals surface area contributed by atoms with Crippen LogP contribution in [0.1, 0.15) is 25.5 Å². The van der Waals surface area contributed by atoms with Crippen molar-refractivity contribution in [3.63, 3.8) is 0 Å². The van der Waals surface area contributed by atoms with Crippen LogP contribution < -0.4 is 15.4 Å². The Bertz CT molecular complexity index is 445. The van der Waals surface area contributed by atoms with E-state index in [2.05, 4.69) is 41.3 Å². The van der Waals surface area contributed by atoms with Crippen molar-refractivity contribution in [2.75, 3.05) is 13.2 Å². The second kappa shape index (κ2) is 4.31. The lowest BCUT2D eigenvalue weighted by atomic mass is 9.98. The van der Waals surface area contributed by atoms with Gasteiger partial charge < -0.3 is 14.6 Å². The first-order valence-corrected chi connectivity index (χ1v) is 6.52. The van der Waals surface area contributed by atoms with E-state index in [1.165, 1.54) is 5.56 Å². The van der Waals surface area contributed by atoms with E-state index in [9.17, 15) is 4.79 Å². The predicted molar refractivity (Wildman–Crippen MR) is 67.4 cm³/mol. The molecule has 5 heteroatoms. The third-order valence-electron chi connectivity index (χ3n) is 3.67. The van der Waals surface area contributed by atoms with Crippen molar-refractivity contribution in [1.82, 2.24) is 15.2 Å².